The summed E-state index contributed by atoms with van der Waals surface area (Å²) in [6.07, 6.45) is 6.56. The Bertz CT molecular complexity index is 2080. The summed E-state index contributed by atoms with van der Waals surface area (Å²) >= 11 is 0. The average Bonchev–Trinajstić information content (AvgIpc) is 3.13. The molecule has 0 saturated carbocycles. The number of halogens is 3. The van der Waals surface area contributed by atoms with Crippen molar-refractivity contribution in [2.24, 2.45) is 0 Å². The quantitative estimate of drug-likeness (QED) is 0.0639. The molecule has 2 N–H and O–H groups in total. The number of alkyl halides is 3. The molecule has 0 amide bonds. The van der Waals surface area contributed by atoms with E-state index in [1.54, 1.807) is 37.3 Å². The Morgan fingerprint density at radius 1 is 0.648 bits per heavy atom. The number of hydrogen-bond donors (Lipinski definition) is 2. The van der Waals surface area contributed by atoms with Gasteiger partial charge in [0.15, 0.2) is 0 Å². The summed E-state index contributed by atoms with van der Waals surface area (Å²) in [5.74, 6) is -0.204. The van der Waals surface area contributed by atoms with Gasteiger partial charge in [0.2, 0.25) is 0 Å². The summed E-state index contributed by atoms with van der Waals surface area (Å²) in [6.45, 7) is 15.7. The number of carbonyl (C=O) groups excluding carboxylic acids is 1. The average molecular weight is 769 g/mol. The number of ether oxygens (including phenoxy) is 1. The minimum Gasteiger partial charge on any atom is -0.508 e. The second-order valence-electron chi connectivity index (χ2n) is 13.5. The summed E-state index contributed by atoms with van der Waals surface area (Å²) in [7, 11) is -4.35. The van der Waals surface area contributed by atoms with Crippen LogP contribution >= 0.6 is 0 Å². The molecule has 0 aliphatic rings. The summed E-state index contributed by atoms with van der Waals surface area (Å²) in [6, 6.07) is 22.1. The highest BCUT2D eigenvalue weighted by atomic mass is 32.2. The number of aryl methyl sites for hydroxylation is 4. The van der Waals surface area contributed by atoms with E-state index in [4.69, 9.17) is 0 Å². The Kier molecular flexibility index (Phi) is 14.2. The highest BCUT2D eigenvalue weighted by Crippen LogP contribution is 2.43. The van der Waals surface area contributed by atoms with Gasteiger partial charge >= 0.3 is 21.6 Å². The van der Waals surface area contributed by atoms with Crippen molar-refractivity contribution in [1.82, 2.24) is 0 Å². The van der Waals surface area contributed by atoms with Crippen molar-refractivity contribution in [3.05, 3.63) is 129 Å². The molecule has 7 nitrogen and oxygen atoms in total. The number of carbonyl (C=O) groups is 1. The van der Waals surface area contributed by atoms with Crippen LogP contribution in [0, 0.1) is 27.7 Å². The van der Waals surface area contributed by atoms with E-state index in [9.17, 15) is 36.6 Å². The Labute approximate surface area is 317 Å². The van der Waals surface area contributed by atoms with Crippen LogP contribution in [0.4, 0.5) is 13.2 Å². The first-order chi connectivity index (χ1) is 25.2. The Morgan fingerprint density at radius 3 is 1.39 bits per heavy atom. The fraction of sp³-hybridized carbons (Fsp3) is 0.372. The van der Waals surface area contributed by atoms with E-state index >= 15 is 0 Å². The van der Waals surface area contributed by atoms with Crippen LogP contribution in [0.5, 0.6) is 17.2 Å². The van der Waals surface area contributed by atoms with E-state index in [2.05, 4.69) is 54.0 Å². The number of esters is 1. The lowest BCUT2D eigenvalue weighted by Crippen LogP contribution is -2.29. The topological polar surface area (TPSA) is 110 Å². The van der Waals surface area contributed by atoms with E-state index in [0.717, 1.165) is 46.2 Å². The fourth-order valence-electron chi connectivity index (χ4n) is 6.96. The molecule has 0 aliphatic carbocycles. The third-order valence-corrected chi connectivity index (χ3v) is 11.5. The molecule has 4 aromatic rings. The molecule has 0 saturated heterocycles. The molecule has 54 heavy (non-hydrogen) atoms. The molecule has 11 heteroatoms. The third kappa shape index (κ3) is 9.29. The van der Waals surface area contributed by atoms with Gasteiger partial charge in [-0.1, -0.05) is 82.3 Å². The second kappa shape index (κ2) is 17.6. The van der Waals surface area contributed by atoms with Gasteiger partial charge in [0.1, 0.15) is 17.2 Å². The van der Waals surface area contributed by atoms with Crippen molar-refractivity contribution in [1.29, 1.82) is 0 Å². The van der Waals surface area contributed by atoms with Crippen LogP contribution in [0.2, 0.25) is 0 Å². The molecule has 0 bridgehead atoms. The monoisotopic (exact) mass is 768 g/mol. The first kappa shape index (κ1) is 43.6. The van der Waals surface area contributed by atoms with Gasteiger partial charge in [0.05, 0.1) is 7.11 Å². The summed E-state index contributed by atoms with van der Waals surface area (Å²) < 4.78 is 69.3. The Hall–Kier alpha value is -4.77. The normalized spacial score (nSPS) is 12.3. The zero-order valence-corrected chi connectivity index (χ0v) is 33.2. The minimum atomic E-state index is -5.72. The maximum absolute atomic E-state index is 12.6. The van der Waals surface area contributed by atoms with Gasteiger partial charge in [-0.2, -0.15) is 21.6 Å². The number of phenolic OH excluding ortho intramolecular Hbond substituents is 2. The van der Waals surface area contributed by atoms with Gasteiger partial charge in [-0.15, -0.1) is 0 Å². The third-order valence-electron chi connectivity index (χ3n) is 10.5. The van der Waals surface area contributed by atoms with Crippen LogP contribution in [-0.2, 0) is 30.5 Å². The lowest BCUT2D eigenvalue weighted by Gasteiger charge is -2.34. The Morgan fingerprint density at radius 2 is 1.04 bits per heavy atom. The molecule has 4 rings (SSSR count). The first-order valence-corrected chi connectivity index (χ1v) is 19.3. The van der Waals surface area contributed by atoms with Gasteiger partial charge in [-0.3, -0.25) is 0 Å². The SMILES string of the molecule is CCC(CC)(c1ccc(O)c(C)c1)c1ccc(/C=C/C(=O)OC)c(C)c1.CCC(CC)(c1ccc(O)c(C)c1)c1ccc(OS(=O)(=O)C(F)(F)F)c(C)c1. The van der Waals surface area contributed by atoms with Gasteiger partial charge in [0.25, 0.3) is 0 Å². The molecule has 0 heterocycles. The van der Waals surface area contributed by atoms with E-state index < -0.39 is 21.0 Å². The number of hydrogen-bond acceptors (Lipinski definition) is 7. The van der Waals surface area contributed by atoms with E-state index in [1.807, 2.05) is 39.0 Å². The van der Waals surface area contributed by atoms with Crippen molar-refractivity contribution < 1.29 is 45.5 Å². The second-order valence-corrected chi connectivity index (χ2v) is 15.0. The zero-order chi connectivity index (χ0) is 40.6. The highest BCUT2D eigenvalue weighted by Gasteiger charge is 2.48. The maximum Gasteiger partial charge on any atom is 0.534 e. The number of rotatable bonds is 12. The van der Waals surface area contributed by atoms with E-state index in [1.165, 1.54) is 37.3 Å². The molecule has 0 spiro atoms. The molecular weight excluding hydrogens is 718 g/mol. The number of methoxy groups -OCH3 is 1. The first-order valence-electron chi connectivity index (χ1n) is 17.8. The van der Waals surface area contributed by atoms with E-state index in [0.29, 0.717) is 18.6 Å². The van der Waals surface area contributed by atoms with Crippen LogP contribution < -0.4 is 4.18 Å². The van der Waals surface area contributed by atoms with Gasteiger partial charge < -0.3 is 19.1 Å². The summed E-state index contributed by atoms with van der Waals surface area (Å²) in [5, 5.41) is 19.7. The van der Waals surface area contributed by atoms with Crippen LogP contribution in [0.15, 0.2) is 78.9 Å². The largest absolute Gasteiger partial charge is 0.534 e. The molecule has 0 radical (unpaired) electrons. The van der Waals surface area contributed by atoms with Crippen molar-refractivity contribution in [3.63, 3.8) is 0 Å². The van der Waals surface area contributed by atoms with Crippen molar-refractivity contribution in [2.75, 3.05) is 7.11 Å². The standard InChI is InChI=1S/C23H28O3.C20H23F3O4S/c1-6-23(7-2,20-11-12-21(24)17(4)15-20)19-10-8-18(16(3)14-19)9-13-22(25)26-5;1-5-19(6-2,15-7-9-17(24)13(3)11-15)16-8-10-18(14(4)12-16)27-28(25,26)20(21,22)23/h8-15,24H,6-7H2,1-5H3;7-12,24H,5-6H2,1-4H3/b13-9+;. The minimum absolute atomic E-state index is 0.103. The number of phenols is 2. The van der Waals surface area contributed by atoms with Crippen LogP contribution in [0.3, 0.4) is 0 Å². The highest BCUT2D eigenvalue weighted by molar-refractivity contribution is 7.88. The molecule has 0 atom stereocenters. The molecule has 0 aliphatic heterocycles. The lowest BCUT2D eigenvalue weighted by atomic mass is 9.70. The molecule has 4 aromatic carbocycles. The molecule has 0 unspecified atom stereocenters. The molecule has 292 valence electrons. The number of benzene rings is 4. The number of aromatic hydroxyl groups is 2. The zero-order valence-electron chi connectivity index (χ0n) is 32.4. The van der Waals surface area contributed by atoms with E-state index in [-0.39, 0.29) is 28.4 Å². The van der Waals surface area contributed by atoms with Crippen LogP contribution in [-0.4, -0.2) is 37.2 Å². The fourth-order valence-corrected chi connectivity index (χ4v) is 7.48. The predicted molar refractivity (Wildman–Crippen MR) is 207 cm³/mol. The van der Waals surface area contributed by atoms with Gasteiger partial charge in [-0.25, -0.2) is 4.79 Å². The molecular formula is C43H51F3O7S. The van der Waals surface area contributed by atoms with Crippen LogP contribution in [0.1, 0.15) is 103 Å². The Balaban J connectivity index is 0.000000291. The smallest absolute Gasteiger partial charge is 0.508 e. The van der Waals surface area contributed by atoms with Crippen molar-refractivity contribution in [2.45, 2.75) is 97.4 Å². The van der Waals surface area contributed by atoms with Gasteiger partial charge in [-0.05, 0) is 128 Å². The van der Waals surface area contributed by atoms with Crippen molar-refractivity contribution >= 4 is 22.2 Å². The van der Waals surface area contributed by atoms with Gasteiger partial charge in [0, 0.05) is 16.9 Å². The lowest BCUT2D eigenvalue weighted by molar-refractivity contribution is -0.134. The summed E-state index contributed by atoms with van der Waals surface area (Å²) in [4.78, 5) is 11.3. The maximum atomic E-state index is 12.6. The summed E-state index contributed by atoms with van der Waals surface area (Å²) in [5.41, 5.74) is 2.24. The molecule has 0 fully saturated rings. The predicted octanol–water partition coefficient (Wildman–Crippen LogP) is 10.6. The van der Waals surface area contributed by atoms with Crippen molar-refractivity contribution in [3.8, 4) is 17.2 Å². The molecule has 0 aromatic heterocycles. The van der Waals surface area contributed by atoms with Crippen LogP contribution in [0.25, 0.3) is 6.08 Å².